The second kappa shape index (κ2) is 4.97. The van der Waals surface area contributed by atoms with Crippen LogP contribution in [-0.2, 0) is 9.84 Å². The van der Waals surface area contributed by atoms with E-state index in [1.807, 2.05) is 6.92 Å². The van der Waals surface area contributed by atoms with Gasteiger partial charge in [-0.1, -0.05) is 42.0 Å². The summed E-state index contributed by atoms with van der Waals surface area (Å²) in [6, 6.07) is 15.8. The van der Waals surface area contributed by atoms with Gasteiger partial charge in [-0.25, -0.2) is 12.8 Å². The molecule has 0 saturated carbocycles. The molecule has 21 heavy (non-hydrogen) atoms. The maximum Gasteiger partial charge on any atom is 0.207 e. The molecule has 3 aromatic carbocycles. The molecule has 3 aromatic rings. The molecule has 4 heteroatoms. The molecule has 0 aromatic heterocycles. The topological polar surface area (TPSA) is 34.1 Å². The van der Waals surface area contributed by atoms with Crippen LogP contribution in [0.2, 0.25) is 0 Å². The van der Waals surface area contributed by atoms with E-state index >= 15 is 0 Å². The Balaban J connectivity index is 2.29. The predicted molar refractivity (Wildman–Crippen MR) is 80.5 cm³/mol. The molecule has 0 aliphatic heterocycles. The van der Waals surface area contributed by atoms with Crippen LogP contribution >= 0.6 is 0 Å². The highest BCUT2D eigenvalue weighted by Crippen LogP contribution is 2.29. The fourth-order valence-electron chi connectivity index (χ4n) is 2.31. The first-order chi connectivity index (χ1) is 10.00. The van der Waals surface area contributed by atoms with Crippen LogP contribution in [0, 0.1) is 12.7 Å². The van der Waals surface area contributed by atoms with Crippen LogP contribution in [0.4, 0.5) is 4.39 Å². The van der Waals surface area contributed by atoms with Gasteiger partial charge in [0, 0.05) is 10.8 Å². The minimum atomic E-state index is -3.67. The monoisotopic (exact) mass is 300 g/mol. The standard InChI is InChI=1S/C17H13FO2S/c1-12-6-8-13(9-7-12)21(19,20)17-11-10-16(18)14-4-2-3-5-15(14)17/h2-11H,1H3. The van der Waals surface area contributed by atoms with Crippen LogP contribution in [0.5, 0.6) is 0 Å². The highest BCUT2D eigenvalue weighted by atomic mass is 32.2. The molecule has 0 unspecified atom stereocenters. The smallest absolute Gasteiger partial charge is 0.207 e. The summed E-state index contributed by atoms with van der Waals surface area (Å²) < 4.78 is 39.3. The Morgan fingerprint density at radius 2 is 1.43 bits per heavy atom. The molecule has 2 nitrogen and oxygen atoms in total. The molecule has 0 radical (unpaired) electrons. The summed E-state index contributed by atoms with van der Waals surface area (Å²) in [5, 5.41) is 0.712. The van der Waals surface area contributed by atoms with Crippen molar-refractivity contribution in [2.45, 2.75) is 16.7 Å². The van der Waals surface area contributed by atoms with Gasteiger partial charge in [0.15, 0.2) is 0 Å². The third kappa shape index (κ3) is 2.32. The summed E-state index contributed by atoms with van der Waals surface area (Å²) >= 11 is 0. The minimum Gasteiger partial charge on any atom is -0.218 e. The van der Waals surface area contributed by atoms with E-state index in [9.17, 15) is 12.8 Å². The summed E-state index contributed by atoms with van der Waals surface area (Å²) in [5.74, 6) is -0.423. The number of hydrogen-bond donors (Lipinski definition) is 0. The van der Waals surface area contributed by atoms with Gasteiger partial charge >= 0.3 is 0 Å². The van der Waals surface area contributed by atoms with Crippen molar-refractivity contribution >= 4 is 20.6 Å². The Hall–Kier alpha value is -2.20. The van der Waals surface area contributed by atoms with Crippen molar-refractivity contribution in [2.75, 3.05) is 0 Å². The molecular formula is C17H13FO2S. The lowest BCUT2D eigenvalue weighted by Gasteiger charge is -2.09. The fourth-order valence-corrected chi connectivity index (χ4v) is 3.78. The quantitative estimate of drug-likeness (QED) is 0.667. The molecule has 0 saturated heterocycles. The second-order valence-electron chi connectivity index (χ2n) is 4.91. The molecule has 0 amide bonds. The second-order valence-corrected chi connectivity index (χ2v) is 6.83. The van der Waals surface area contributed by atoms with Gasteiger partial charge in [0.2, 0.25) is 9.84 Å². The zero-order chi connectivity index (χ0) is 15.0. The molecule has 0 aliphatic carbocycles. The number of sulfone groups is 1. The molecule has 0 bridgehead atoms. The van der Waals surface area contributed by atoms with E-state index < -0.39 is 15.7 Å². The van der Waals surface area contributed by atoms with Gasteiger partial charge in [0.1, 0.15) is 5.82 Å². The lowest BCUT2D eigenvalue weighted by atomic mass is 10.1. The van der Waals surface area contributed by atoms with Crippen LogP contribution < -0.4 is 0 Å². The zero-order valence-corrected chi connectivity index (χ0v) is 12.2. The van der Waals surface area contributed by atoms with E-state index in [0.29, 0.717) is 10.8 Å². The van der Waals surface area contributed by atoms with Gasteiger partial charge in [0.05, 0.1) is 9.79 Å². The summed E-state index contributed by atoms with van der Waals surface area (Å²) in [5.41, 5.74) is 0.984. The first-order valence-electron chi connectivity index (χ1n) is 6.49. The number of rotatable bonds is 2. The number of halogens is 1. The van der Waals surface area contributed by atoms with Gasteiger partial charge in [-0.2, -0.15) is 0 Å². The summed E-state index contributed by atoms with van der Waals surface area (Å²) in [6.07, 6.45) is 0. The molecule has 0 spiro atoms. The molecule has 106 valence electrons. The van der Waals surface area contributed by atoms with E-state index in [1.165, 1.54) is 12.1 Å². The van der Waals surface area contributed by atoms with Crippen molar-refractivity contribution in [3.05, 3.63) is 72.0 Å². The minimum absolute atomic E-state index is 0.128. The molecule has 0 atom stereocenters. The fraction of sp³-hybridized carbons (Fsp3) is 0.0588. The average molecular weight is 300 g/mol. The van der Waals surface area contributed by atoms with E-state index in [1.54, 1.807) is 48.5 Å². The summed E-state index contributed by atoms with van der Waals surface area (Å²) in [4.78, 5) is 0.341. The van der Waals surface area contributed by atoms with E-state index in [-0.39, 0.29) is 9.79 Å². The van der Waals surface area contributed by atoms with Gasteiger partial charge in [-0.05, 0) is 31.2 Å². The van der Waals surface area contributed by atoms with Gasteiger partial charge < -0.3 is 0 Å². The molecule has 0 heterocycles. The zero-order valence-electron chi connectivity index (χ0n) is 11.4. The van der Waals surface area contributed by atoms with Gasteiger partial charge in [-0.15, -0.1) is 0 Å². The van der Waals surface area contributed by atoms with Gasteiger partial charge in [-0.3, -0.25) is 0 Å². The predicted octanol–water partition coefficient (Wildman–Crippen LogP) is 4.12. The van der Waals surface area contributed by atoms with E-state index in [2.05, 4.69) is 0 Å². The normalized spacial score (nSPS) is 11.7. The first kappa shape index (κ1) is 13.8. The van der Waals surface area contributed by atoms with E-state index in [4.69, 9.17) is 0 Å². The summed E-state index contributed by atoms with van der Waals surface area (Å²) in [7, 11) is -3.67. The molecule has 0 N–H and O–H groups in total. The van der Waals surface area contributed by atoms with Crippen molar-refractivity contribution in [1.29, 1.82) is 0 Å². The van der Waals surface area contributed by atoms with Crippen LogP contribution in [0.3, 0.4) is 0 Å². The van der Waals surface area contributed by atoms with Crippen LogP contribution in [0.15, 0.2) is 70.5 Å². The van der Waals surface area contributed by atoms with Crippen molar-refractivity contribution in [3.8, 4) is 0 Å². The lowest BCUT2D eigenvalue weighted by molar-refractivity contribution is 0.596. The number of benzene rings is 3. The Morgan fingerprint density at radius 3 is 2.10 bits per heavy atom. The summed E-state index contributed by atoms with van der Waals surface area (Å²) in [6.45, 7) is 1.89. The van der Waals surface area contributed by atoms with Crippen LogP contribution in [-0.4, -0.2) is 8.42 Å². The molecule has 3 rings (SSSR count). The van der Waals surface area contributed by atoms with E-state index in [0.717, 1.165) is 5.56 Å². The average Bonchev–Trinajstić information content (AvgIpc) is 2.48. The molecular weight excluding hydrogens is 287 g/mol. The maximum absolute atomic E-state index is 13.8. The van der Waals surface area contributed by atoms with Crippen molar-refractivity contribution in [2.24, 2.45) is 0 Å². The van der Waals surface area contributed by atoms with Crippen LogP contribution in [0.1, 0.15) is 5.56 Å². The third-order valence-corrected chi connectivity index (χ3v) is 5.28. The SMILES string of the molecule is Cc1ccc(S(=O)(=O)c2ccc(F)c3ccccc23)cc1. The highest BCUT2D eigenvalue weighted by molar-refractivity contribution is 7.91. The lowest BCUT2D eigenvalue weighted by Crippen LogP contribution is -2.03. The van der Waals surface area contributed by atoms with Crippen molar-refractivity contribution < 1.29 is 12.8 Å². The maximum atomic E-state index is 13.8. The number of hydrogen-bond acceptors (Lipinski definition) is 2. The third-order valence-electron chi connectivity index (χ3n) is 3.45. The Labute approximate surface area is 122 Å². The Bertz CT molecular complexity index is 913. The van der Waals surface area contributed by atoms with Crippen LogP contribution in [0.25, 0.3) is 10.8 Å². The van der Waals surface area contributed by atoms with Crippen molar-refractivity contribution in [3.63, 3.8) is 0 Å². The van der Waals surface area contributed by atoms with Gasteiger partial charge in [0.25, 0.3) is 0 Å². The Morgan fingerprint density at radius 1 is 0.810 bits per heavy atom. The molecule has 0 fully saturated rings. The Kier molecular flexibility index (Phi) is 3.26. The molecule has 0 aliphatic rings. The number of fused-ring (bicyclic) bond motifs is 1. The highest BCUT2D eigenvalue weighted by Gasteiger charge is 2.21. The number of aryl methyl sites for hydroxylation is 1. The van der Waals surface area contributed by atoms with Crippen molar-refractivity contribution in [1.82, 2.24) is 0 Å². The first-order valence-corrected chi connectivity index (χ1v) is 7.97. The largest absolute Gasteiger partial charge is 0.218 e.